The molecule has 0 bridgehead atoms. The van der Waals surface area contributed by atoms with Crippen LogP contribution in [0.15, 0.2) is 12.2 Å². The fourth-order valence-electron chi connectivity index (χ4n) is 1.16. The topological polar surface area (TPSA) is 46.2 Å². The predicted molar refractivity (Wildman–Crippen MR) is 74.0 cm³/mol. The molecule has 16 heavy (non-hydrogen) atoms. The van der Waals surface area contributed by atoms with Crippen LogP contribution in [0.2, 0.25) is 25.7 Å². The third-order valence-electron chi connectivity index (χ3n) is 2.15. The zero-order valence-corrected chi connectivity index (χ0v) is 12.9. The van der Waals surface area contributed by atoms with Crippen LogP contribution in [0.5, 0.6) is 0 Å². The van der Waals surface area contributed by atoms with Crippen LogP contribution in [0.4, 0.5) is 0 Å². The van der Waals surface area contributed by atoms with Crippen molar-refractivity contribution in [3.63, 3.8) is 0 Å². The van der Waals surface area contributed by atoms with Crippen LogP contribution in [-0.4, -0.2) is 28.3 Å². The number of rotatable bonds is 7. The quantitative estimate of drug-likeness (QED) is 0.567. The Morgan fingerprint density at radius 1 is 1.31 bits per heavy atom. The van der Waals surface area contributed by atoms with Gasteiger partial charge in [0, 0.05) is 14.1 Å². The van der Waals surface area contributed by atoms with E-state index in [1.807, 2.05) is 26.0 Å². The molecule has 0 aromatic rings. The van der Waals surface area contributed by atoms with Crippen molar-refractivity contribution in [1.29, 1.82) is 0 Å². The molecule has 1 atom stereocenters. The molecule has 0 heterocycles. The van der Waals surface area contributed by atoms with E-state index in [1.165, 1.54) is 0 Å². The van der Waals surface area contributed by atoms with Crippen LogP contribution < -0.4 is 4.72 Å². The summed E-state index contributed by atoms with van der Waals surface area (Å²) in [5.41, 5.74) is 0. The molecule has 0 aromatic carbocycles. The summed E-state index contributed by atoms with van der Waals surface area (Å²) in [6.45, 7) is 10.4. The van der Waals surface area contributed by atoms with Crippen molar-refractivity contribution in [1.82, 2.24) is 4.72 Å². The highest BCUT2D eigenvalue weighted by Gasteiger charge is 2.19. The molecule has 1 N–H and O–H groups in total. The summed E-state index contributed by atoms with van der Waals surface area (Å²) in [4.78, 5) is 0. The molecule has 0 rings (SSSR count). The fraction of sp³-hybridized carbons (Fsp3) is 0.818. The Hall–Kier alpha value is -0.133. The molecule has 96 valence electrons. The van der Waals surface area contributed by atoms with E-state index in [-0.39, 0.29) is 11.8 Å². The van der Waals surface area contributed by atoms with E-state index in [4.69, 9.17) is 0 Å². The predicted octanol–water partition coefficient (Wildman–Crippen LogP) is 2.60. The summed E-state index contributed by atoms with van der Waals surface area (Å²) in [7, 11) is -4.39. The lowest BCUT2D eigenvalue weighted by molar-refractivity contribution is 0.577. The number of hydrogen-bond acceptors (Lipinski definition) is 2. The second-order valence-electron chi connectivity index (χ2n) is 5.37. The van der Waals surface area contributed by atoms with E-state index < -0.39 is 18.1 Å². The van der Waals surface area contributed by atoms with E-state index in [1.54, 1.807) is 0 Å². The van der Waals surface area contributed by atoms with Gasteiger partial charge < -0.3 is 0 Å². The van der Waals surface area contributed by atoms with Crippen molar-refractivity contribution in [3.05, 3.63) is 12.2 Å². The number of nitrogens with one attached hydrogen (secondary N) is 1. The first-order chi connectivity index (χ1) is 7.16. The monoisotopic (exact) mass is 263 g/mol. The van der Waals surface area contributed by atoms with Crippen LogP contribution >= 0.6 is 0 Å². The Balaban J connectivity index is 4.20. The summed E-state index contributed by atoms with van der Waals surface area (Å²) < 4.78 is 26.1. The Bertz CT molecular complexity index is 317. The molecular formula is C11H25NO2SSi. The van der Waals surface area contributed by atoms with Gasteiger partial charge in [-0.05, 0) is 19.4 Å². The smallest absolute Gasteiger partial charge is 0.211 e. The van der Waals surface area contributed by atoms with Gasteiger partial charge >= 0.3 is 0 Å². The SMILES string of the molecule is CC/C=C/C(C)NS(=O)(=O)CC[Si](C)(C)C. The molecular weight excluding hydrogens is 238 g/mol. The molecule has 3 nitrogen and oxygen atoms in total. The van der Waals surface area contributed by atoms with Gasteiger partial charge in [0.2, 0.25) is 10.0 Å². The van der Waals surface area contributed by atoms with Crippen molar-refractivity contribution in [2.75, 3.05) is 5.75 Å². The second kappa shape index (κ2) is 6.57. The molecule has 0 spiro atoms. The van der Waals surface area contributed by atoms with E-state index in [0.717, 1.165) is 12.5 Å². The standard InChI is InChI=1S/C11H25NO2SSi/c1-6-7-8-11(2)12-15(13,14)9-10-16(3,4)5/h7-8,11-12H,6,9-10H2,1-5H3/b8-7+. The molecule has 0 amide bonds. The van der Waals surface area contributed by atoms with E-state index in [0.29, 0.717) is 0 Å². The zero-order chi connectivity index (χ0) is 12.8. The van der Waals surface area contributed by atoms with Crippen LogP contribution in [0, 0.1) is 0 Å². The van der Waals surface area contributed by atoms with Gasteiger partial charge in [0.1, 0.15) is 0 Å². The molecule has 0 aliphatic carbocycles. The third-order valence-corrected chi connectivity index (χ3v) is 5.73. The van der Waals surface area contributed by atoms with Crippen molar-refractivity contribution in [2.45, 2.75) is 52.0 Å². The maximum Gasteiger partial charge on any atom is 0.211 e. The minimum atomic E-state index is -3.11. The largest absolute Gasteiger partial charge is 0.212 e. The highest BCUT2D eigenvalue weighted by atomic mass is 32.2. The molecule has 0 aromatic heterocycles. The van der Waals surface area contributed by atoms with Gasteiger partial charge in [-0.15, -0.1) is 0 Å². The third kappa shape index (κ3) is 9.12. The maximum absolute atomic E-state index is 11.7. The van der Waals surface area contributed by atoms with Crippen LogP contribution in [0.1, 0.15) is 20.3 Å². The molecule has 0 aliphatic rings. The molecule has 5 heteroatoms. The average Bonchev–Trinajstić information content (AvgIpc) is 2.10. The van der Waals surface area contributed by atoms with Crippen molar-refractivity contribution in [2.24, 2.45) is 0 Å². The minimum Gasteiger partial charge on any atom is -0.212 e. The second-order valence-corrected chi connectivity index (χ2v) is 12.9. The number of allylic oxidation sites excluding steroid dienone is 1. The van der Waals surface area contributed by atoms with Gasteiger partial charge in [0.15, 0.2) is 0 Å². The molecule has 0 aliphatic heterocycles. The molecule has 0 saturated carbocycles. The van der Waals surface area contributed by atoms with Crippen molar-refractivity contribution < 1.29 is 8.42 Å². The average molecular weight is 263 g/mol. The lowest BCUT2D eigenvalue weighted by Crippen LogP contribution is -2.35. The Labute approximate surface area is 101 Å². The lowest BCUT2D eigenvalue weighted by atomic mass is 10.3. The molecule has 1 unspecified atom stereocenters. The molecule has 0 radical (unpaired) electrons. The zero-order valence-electron chi connectivity index (χ0n) is 11.1. The first-order valence-corrected chi connectivity index (χ1v) is 11.2. The summed E-state index contributed by atoms with van der Waals surface area (Å²) in [6.07, 6.45) is 4.80. The van der Waals surface area contributed by atoms with Gasteiger partial charge in [-0.3, -0.25) is 0 Å². The summed E-state index contributed by atoms with van der Waals surface area (Å²) in [5.74, 6) is 0.257. The van der Waals surface area contributed by atoms with Gasteiger partial charge in [0.05, 0.1) is 5.75 Å². The summed E-state index contributed by atoms with van der Waals surface area (Å²) in [6, 6.07) is 0.707. The first kappa shape index (κ1) is 15.9. The van der Waals surface area contributed by atoms with Crippen molar-refractivity contribution >= 4 is 18.1 Å². The van der Waals surface area contributed by atoms with E-state index in [9.17, 15) is 8.42 Å². The summed E-state index contributed by atoms with van der Waals surface area (Å²) >= 11 is 0. The normalized spacial score (nSPS) is 15.6. The van der Waals surface area contributed by atoms with Crippen molar-refractivity contribution in [3.8, 4) is 0 Å². The fourth-order valence-corrected chi connectivity index (χ4v) is 5.45. The van der Waals surface area contributed by atoms with Crippen LogP contribution in [-0.2, 0) is 10.0 Å². The Kier molecular flexibility index (Phi) is 6.51. The van der Waals surface area contributed by atoms with E-state index >= 15 is 0 Å². The highest BCUT2D eigenvalue weighted by molar-refractivity contribution is 7.89. The highest BCUT2D eigenvalue weighted by Crippen LogP contribution is 2.09. The van der Waals surface area contributed by atoms with Gasteiger partial charge in [-0.1, -0.05) is 38.7 Å². The Morgan fingerprint density at radius 2 is 1.88 bits per heavy atom. The Morgan fingerprint density at radius 3 is 2.31 bits per heavy atom. The first-order valence-electron chi connectivity index (χ1n) is 5.83. The molecule has 0 saturated heterocycles. The number of sulfonamides is 1. The van der Waals surface area contributed by atoms with E-state index in [2.05, 4.69) is 24.4 Å². The maximum atomic E-state index is 11.7. The number of hydrogen-bond donors (Lipinski definition) is 1. The van der Waals surface area contributed by atoms with Crippen LogP contribution in [0.3, 0.4) is 0 Å². The van der Waals surface area contributed by atoms with Gasteiger partial charge in [-0.2, -0.15) is 0 Å². The molecule has 0 fully saturated rings. The van der Waals surface area contributed by atoms with Crippen LogP contribution in [0.25, 0.3) is 0 Å². The minimum absolute atomic E-state index is 0.105. The summed E-state index contributed by atoms with van der Waals surface area (Å²) in [5, 5.41) is 0. The van der Waals surface area contributed by atoms with Gasteiger partial charge in [-0.25, -0.2) is 13.1 Å². The lowest BCUT2D eigenvalue weighted by Gasteiger charge is -2.17. The van der Waals surface area contributed by atoms with Gasteiger partial charge in [0.25, 0.3) is 0 Å².